The van der Waals surface area contributed by atoms with Crippen molar-refractivity contribution in [1.82, 2.24) is 4.72 Å². The molecule has 0 aromatic heterocycles. The molecule has 0 saturated heterocycles. The van der Waals surface area contributed by atoms with Crippen molar-refractivity contribution < 1.29 is 27.8 Å². The van der Waals surface area contributed by atoms with E-state index in [9.17, 15) is 22.7 Å². The molecule has 0 spiro atoms. The van der Waals surface area contributed by atoms with E-state index in [1.807, 2.05) is 4.72 Å². The van der Waals surface area contributed by atoms with Crippen LogP contribution < -0.4 is 4.72 Å². The van der Waals surface area contributed by atoms with Gasteiger partial charge in [-0.15, -0.1) is 0 Å². The third kappa shape index (κ3) is 3.72. The highest BCUT2D eigenvalue weighted by molar-refractivity contribution is 7.89. The van der Waals surface area contributed by atoms with Crippen molar-refractivity contribution in [2.75, 3.05) is 0 Å². The molecule has 8 heteroatoms. The van der Waals surface area contributed by atoms with Crippen LogP contribution in [0.5, 0.6) is 0 Å². The zero-order valence-electron chi connectivity index (χ0n) is 10.3. The van der Waals surface area contributed by atoms with Crippen LogP contribution in [-0.4, -0.2) is 36.7 Å². The number of aryl methyl sites for hydroxylation is 1. The number of aliphatic carboxylic acids is 1. The molecule has 0 aliphatic heterocycles. The topological polar surface area (TPSA) is 104 Å². The Morgan fingerprint density at radius 2 is 2.00 bits per heavy atom. The van der Waals surface area contributed by atoms with E-state index in [2.05, 4.69) is 0 Å². The van der Waals surface area contributed by atoms with Crippen molar-refractivity contribution >= 4 is 16.0 Å². The van der Waals surface area contributed by atoms with Gasteiger partial charge >= 0.3 is 5.97 Å². The third-order valence-electron chi connectivity index (χ3n) is 2.48. The van der Waals surface area contributed by atoms with Crippen LogP contribution in [0.3, 0.4) is 0 Å². The monoisotopic (exact) mass is 291 g/mol. The Balaban J connectivity index is 3.10. The van der Waals surface area contributed by atoms with Crippen molar-refractivity contribution in [3.63, 3.8) is 0 Å². The summed E-state index contributed by atoms with van der Waals surface area (Å²) in [7, 11) is -4.22. The van der Waals surface area contributed by atoms with Crippen LogP contribution in [0.15, 0.2) is 23.1 Å². The minimum atomic E-state index is -4.22. The lowest BCUT2D eigenvalue weighted by Gasteiger charge is -2.17. The Kier molecular flexibility index (Phi) is 4.61. The van der Waals surface area contributed by atoms with Crippen LogP contribution in [-0.2, 0) is 14.8 Å². The quantitative estimate of drug-likeness (QED) is 0.721. The SMILES string of the molecule is Cc1ccc(S(=O)(=O)NC(C(=O)O)C(C)O)cc1F. The first-order valence-electron chi connectivity index (χ1n) is 5.34. The van der Waals surface area contributed by atoms with Gasteiger partial charge in [0.15, 0.2) is 0 Å². The van der Waals surface area contributed by atoms with E-state index in [0.717, 1.165) is 19.1 Å². The van der Waals surface area contributed by atoms with E-state index < -0.39 is 38.9 Å². The maximum Gasteiger partial charge on any atom is 0.324 e. The van der Waals surface area contributed by atoms with E-state index in [0.29, 0.717) is 0 Å². The number of carbonyl (C=O) groups is 1. The Hall–Kier alpha value is -1.51. The molecule has 0 bridgehead atoms. The molecular weight excluding hydrogens is 277 g/mol. The van der Waals surface area contributed by atoms with E-state index in [1.54, 1.807) is 0 Å². The Morgan fingerprint density at radius 3 is 2.42 bits per heavy atom. The largest absolute Gasteiger partial charge is 0.480 e. The van der Waals surface area contributed by atoms with Gasteiger partial charge in [-0.2, -0.15) is 4.72 Å². The van der Waals surface area contributed by atoms with E-state index in [-0.39, 0.29) is 5.56 Å². The number of aliphatic hydroxyl groups is 1. The number of hydrogen-bond donors (Lipinski definition) is 3. The van der Waals surface area contributed by atoms with Gasteiger partial charge in [-0.25, -0.2) is 12.8 Å². The van der Waals surface area contributed by atoms with Crippen LogP contribution in [0, 0.1) is 12.7 Å². The van der Waals surface area contributed by atoms with Crippen LogP contribution in [0.2, 0.25) is 0 Å². The molecule has 1 rings (SSSR count). The summed E-state index contributed by atoms with van der Waals surface area (Å²) in [5.74, 6) is -2.24. The van der Waals surface area contributed by atoms with Gasteiger partial charge in [-0.1, -0.05) is 6.07 Å². The average Bonchev–Trinajstić information content (AvgIpc) is 2.28. The smallest absolute Gasteiger partial charge is 0.324 e. The van der Waals surface area contributed by atoms with Crippen LogP contribution in [0.25, 0.3) is 0 Å². The maximum absolute atomic E-state index is 13.3. The molecule has 0 fully saturated rings. The fourth-order valence-corrected chi connectivity index (χ4v) is 2.61. The summed E-state index contributed by atoms with van der Waals surface area (Å²) in [5.41, 5.74) is 0.268. The minimum absolute atomic E-state index is 0.268. The molecule has 0 amide bonds. The minimum Gasteiger partial charge on any atom is -0.480 e. The first-order valence-corrected chi connectivity index (χ1v) is 6.83. The fourth-order valence-electron chi connectivity index (χ4n) is 1.33. The summed E-state index contributed by atoms with van der Waals surface area (Å²) >= 11 is 0. The number of halogens is 1. The zero-order valence-corrected chi connectivity index (χ0v) is 11.1. The van der Waals surface area contributed by atoms with Crippen LogP contribution >= 0.6 is 0 Å². The number of carboxylic acid groups (broad SMARTS) is 1. The highest BCUT2D eigenvalue weighted by Gasteiger charge is 2.29. The summed E-state index contributed by atoms with van der Waals surface area (Å²) in [6.07, 6.45) is -1.43. The number of rotatable bonds is 5. The summed E-state index contributed by atoms with van der Waals surface area (Å²) in [6, 6.07) is 1.51. The molecule has 1 aromatic carbocycles. The van der Waals surface area contributed by atoms with Crippen molar-refractivity contribution in [1.29, 1.82) is 0 Å². The first-order chi connectivity index (χ1) is 8.65. The predicted octanol–water partition coefficient (Wildman–Crippen LogP) is 0.246. The molecule has 106 valence electrons. The van der Waals surface area contributed by atoms with Gasteiger partial charge in [0.2, 0.25) is 10.0 Å². The second kappa shape index (κ2) is 5.64. The van der Waals surface area contributed by atoms with E-state index >= 15 is 0 Å². The Bertz CT molecular complexity index is 585. The van der Waals surface area contributed by atoms with Crippen molar-refractivity contribution in [3.05, 3.63) is 29.6 Å². The number of benzene rings is 1. The van der Waals surface area contributed by atoms with E-state index in [1.165, 1.54) is 13.0 Å². The van der Waals surface area contributed by atoms with Gasteiger partial charge in [0, 0.05) is 0 Å². The molecule has 0 aliphatic carbocycles. The predicted molar refractivity (Wildman–Crippen MR) is 64.6 cm³/mol. The molecule has 2 atom stereocenters. The van der Waals surface area contributed by atoms with Gasteiger partial charge in [-0.05, 0) is 31.5 Å². The molecule has 0 aliphatic rings. The lowest BCUT2D eigenvalue weighted by Crippen LogP contribution is -2.47. The standard InChI is InChI=1S/C11H14FNO5S/c1-6-3-4-8(5-9(6)12)19(17,18)13-10(7(2)14)11(15)16/h3-5,7,10,13-14H,1-2H3,(H,15,16). The summed E-state index contributed by atoms with van der Waals surface area (Å²) < 4.78 is 38.8. The lowest BCUT2D eigenvalue weighted by molar-refractivity contribution is -0.141. The second-order valence-corrected chi connectivity index (χ2v) is 5.80. The Morgan fingerprint density at radius 1 is 1.42 bits per heavy atom. The molecule has 19 heavy (non-hydrogen) atoms. The molecular formula is C11H14FNO5S. The summed E-state index contributed by atoms with van der Waals surface area (Å²) in [6.45, 7) is 2.60. The molecule has 0 radical (unpaired) electrons. The number of aliphatic hydroxyl groups excluding tert-OH is 1. The van der Waals surface area contributed by atoms with Crippen LogP contribution in [0.4, 0.5) is 4.39 Å². The van der Waals surface area contributed by atoms with Crippen molar-refractivity contribution in [2.24, 2.45) is 0 Å². The second-order valence-electron chi connectivity index (χ2n) is 4.09. The lowest BCUT2D eigenvalue weighted by atomic mass is 10.2. The molecule has 1 aromatic rings. The van der Waals surface area contributed by atoms with Crippen molar-refractivity contribution in [3.8, 4) is 0 Å². The zero-order chi connectivity index (χ0) is 14.8. The molecule has 0 heterocycles. The van der Waals surface area contributed by atoms with Crippen molar-refractivity contribution in [2.45, 2.75) is 30.9 Å². The van der Waals surface area contributed by atoms with Gasteiger partial charge in [-0.3, -0.25) is 4.79 Å². The number of hydrogen-bond acceptors (Lipinski definition) is 4. The van der Waals surface area contributed by atoms with Gasteiger partial charge in [0.25, 0.3) is 0 Å². The van der Waals surface area contributed by atoms with Gasteiger partial charge < -0.3 is 10.2 Å². The van der Waals surface area contributed by atoms with Gasteiger partial charge in [0.1, 0.15) is 11.9 Å². The normalized spacial score (nSPS) is 14.9. The Labute approximate surface area is 109 Å². The van der Waals surface area contributed by atoms with Crippen LogP contribution in [0.1, 0.15) is 12.5 Å². The number of nitrogens with one attached hydrogen (secondary N) is 1. The number of sulfonamides is 1. The van der Waals surface area contributed by atoms with E-state index in [4.69, 9.17) is 5.11 Å². The fraction of sp³-hybridized carbons (Fsp3) is 0.364. The van der Waals surface area contributed by atoms with Gasteiger partial charge in [0.05, 0.1) is 11.0 Å². The molecule has 0 saturated carbocycles. The average molecular weight is 291 g/mol. The highest BCUT2D eigenvalue weighted by Crippen LogP contribution is 2.15. The highest BCUT2D eigenvalue weighted by atomic mass is 32.2. The molecule has 3 N–H and O–H groups in total. The third-order valence-corrected chi connectivity index (χ3v) is 3.92. The summed E-state index contributed by atoms with van der Waals surface area (Å²) in [4.78, 5) is 10.4. The molecule has 6 nitrogen and oxygen atoms in total. The number of carboxylic acids is 1. The molecule has 2 unspecified atom stereocenters. The summed E-state index contributed by atoms with van der Waals surface area (Å²) in [5, 5.41) is 18.0. The first kappa shape index (κ1) is 15.5. The maximum atomic E-state index is 13.3.